The van der Waals surface area contributed by atoms with E-state index in [1.807, 2.05) is 6.07 Å². The lowest BCUT2D eigenvalue weighted by atomic mass is 9.94. The van der Waals surface area contributed by atoms with E-state index in [1.165, 1.54) is 34.7 Å². The molecule has 5 rings (SSSR count). The molecule has 2 amide bonds. The molecule has 4 aromatic rings. The van der Waals surface area contributed by atoms with Crippen LogP contribution in [0.3, 0.4) is 0 Å². The number of carbonyl (C=O) groups is 2. The van der Waals surface area contributed by atoms with E-state index in [-0.39, 0.29) is 28.5 Å². The van der Waals surface area contributed by atoms with Crippen LogP contribution < -0.4 is 10.9 Å². The first-order valence-electron chi connectivity index (χ1n) is 15.9. The van der Waals surface area contributed by atoms with Crippen LogP contribution in [-0.4, -0.2) is 86.7 Å². The van der Waals surface area contributed by atoms with Crippen LogP contribution in [0, 0.1) is 17.2 Å². The first-order chi connectivity index (χ1) is 22.9. The van der Waals surface area contributed by atoms with E-state index in [0.717, 1.165) is 47.2 Å². The predicted octanol–water partition coefficient (Wildman–Crippen LogP) is 4.37. The predicted molar refractivity (Wildman–Crippen MR) is 177 cm³/mol. The number of hydrogen-bond acceptors (Lipinski definition) is 5. The van der Waals surface area contributed by atoms with Crippen molar-refractivity contribution in [3.05, 3.63) is 87.8 Å². The zero-order valence-electron chi connectivity index (χ0n) is 28.4. The summed E-state index contributed by atoms with van der Waals surface area (Å²) in [5.74, 6) is -0.912. The Bertz CT molecular complexity index is 1970. The summed E-state index contributed by atoms with van der Waals surface area (Å²) >= 11 is 0. The fourth-order valence-corrected chi connectivity index (χ4v) is 6.42. The van der Waals surface area contributed by atoms with Crippen molar-refractivity contribution in [3.63, 3.8) is 0 Å². The summed E-state index contributed by atoms with van der Waals surface area (Å²) in [4.78, 5) is 43.7. The van der Waals surface area contributed by atoms with Gasteiger partial charge in [0, 0.05) is 33.5 Å². The molecule has 1 saturated heterocycles. The molecule has 0 bridgehead atoms. The number of nitriles is 1. The molecule has 2 aromatic heterocycles. The maximum atomic E-state index is 14.2. The first-order valence-corrected chi connectivity index (χ1v) is 15.9. The number of rotatable bonds is 8. The van der Waals surface area contributed by atoms with E-state index in [1.54, 1.807) is 56.1 Å². The number of amides is 2. The highest BCUT2D eigenvalue weighted by atomic mass is 19.4. The van der Waals surface area contributed by atoms with Crippen LogP contribution in [0.2, 0.25) is 0 Å². The topological polar surface area (TPSA) is 118 Å². The van der Waals surface area contributed by atoms with Gasteiger partial charge in [0.2, 0.25) is 5.91 Å². The Morgan fingerprint density at radius 2 is 1.71 bits per heavy atom. The summed E-state index contributed by atoms with van der Waals surface area (Å²) in [6.07, 6.45) is -1.29. The zero-order valence-corrected chi connectivity index (χ0v) is 28.4. The molecule has 14 heteroatoms. The van der Waals surface area contributed by atoms with Crippen molar-refractivity contribution in [2.75, 3.05) is 40.8 Å². The number of piperidine rings is 1. The monoisotopic (exact) mass is 677 g/mol. The van der Waals surface area contributed by atoms with Crippen LogP contribution in [-0.2, 0) is 18.0 Å². The Hall–Kier alpha value is -5.16. The molecule has 1 aliphatic heterocycles. The minimum atomic E-state index is -4.68. The Kier molecular flexibility index (Phi) is 9.35. The number of nitrogens with zero attached hydrogens (tertiary/aromatic N) is 7. The fourth-order valence-electron chi connectivity index (χ4n) is 6.42. The molecule has 0 radical (unpaired) electrons. The van der Waals surface area contributed by atoms with Crippen LogP contribution in [0.1, 0.15) is 48.2 Å². The summed E-state index contributed by atoms with van der Waals surface area (Å²) in [6.45, 7) is 5.63. The molecule has 0 atom stereocenters. The van der Waals surface area contributed by atoms with Gasteiger partial charge in [-0.25, -0.2) is 9.36 Å². The minimum Gasteiger partial charge on any atom is -0.343 e. The Morgan fingerprint density at radius 3 is 2.33 bits per heavy atom. The number of carbonyl (C=O) groups excluding carboxylic acids is 2. The van der Waals surface area contributed by atoms with Gasteiger partial charge in [-0.1, -0.05) is 6.07 Å². The highest BCUT2D eigenvalue weighted by Gasteiger charge is 2.38. The maximum absolute atomic E-state index is 14.2. The van der Waals surface area contributed by atoms with Gasteiger partial charge in [-0.15, -0.1) is 0 Å². The summed E-state index contributed by atoms with van der Waals surface area (Å²) in [5, 5.41) is 16.4. The average Bonchev–Trinajstić information content (AvgIpc) is 3.62. The number of likely N-dealkylation sites (N-methyl/N-ethyl adjacent to an activating group) is 1. The normalized spacial score (nSPS) is 15.1. The highest BCUT2D eigenvalue weighted by molar-refractivity contribution is 6.03. The molecular weight excluding hydrogens is 637 g/mol. The van der Waals surface area contributed by atoms with Crippen LogP contribution >= 0.6 is 0 Å². The van der Waals surface area contributed by atoms with Crippen molar-refractivity contribution >= 4 is 11.8 Å². The summed E-state index contributed by atoms with van der Waals surface area (Å²) in [5.41, 5.74) is -2.55. The molecule has 49 heavy (non-hydrogen) atoms. The number of alkyl halides is 3. The van der Waals surface area contributed by atoms with Gasteiger partial charge >= 0.3 is 6.18 Å². The molecule has 1 fully saturated rings. The van der Waals surface area contributed by atoms with Crippen LogP contribution in [0.25, 0.3) is 22.8 Å². The number of hydrogen-bond donors (Lipinski definition) is 1. The van der Waals surface area contributed by atoms with Gasteiger partial charge < -0.3 is 14.7 Å². The van der Waals surface area contributed by atoms with Crippen molar-refractivity contribution in [3.8, 4) is 28.8 Å². The third-order valence-electron chi connectivity index (χ3n) is 9.16. The largest absolute Gasteiger partial charge is 0.416 e. The van der Waals surface area contributed by atoms with Crippen LogP contribution in [0.5, 0.6) is 0 Å². The van der Waals surface area contributed by atoms with E-state index >= 15 is 0 Å². The molecule has 1 N–H and O–H groups in total. The second-order valence-electron chi connectivity index (χ2n) is 13.8. The van der Waals surface area contributed by atoms with Gasteiger partial charge in [0.15, 0.2) is 0 Å². The van der Waals surface area contributed by atoms with E-state index < -0.39 is 28.7 Å². The molecule has 3 heterocycles. The maximum Gasteiger partial charge on any atom is 0.416 e. The second kappa shape index (κ2) is 13.0. The van der Waals surface area contributed by atoms with Gasteiger partial charge in [0.05, 0.1) is 67.6 Å². The van der Waals surface area contributed by atoms with Crippen molar-refractivity contribution < 1.29 is 27.2 Å². The average molecular weight is 678 g/mol. The Balaban J connectivity index is 1.56. The number of aromatic nitrogens is 4. The first kappa shape index (κ1) is 35.2. The Morgan fingerprint density at radius 1 is 1.06 bits per heavy atom. The third kappa shape index (κ3) is 7.17. The lowest BCUT2D eigenvalue weighted by molar-refractivity contribution is -0.896. The number of benzene rings is 2. The van der Waals surface area contributed by atoms with E-state index in [0.29, 0.717) is 23.7 Å². The molecular formula is C35H40F3N8O3+. The molecule has 258 valence electrons. The van der Waals surface area contributed by atoms with Crippen molar-refractivity contribution in [2.45, 2.75) is 38.4 Å². The summed E-state index contributed by atoms with van der Waals surface area (Å²) in [6, 6.07) is 14.3. The van der Waals surface area contributed by atoms with Gasteiger partial charge in [0.25, 0.3) is 11.5 Å². The van der Waals surface area contributed by atoms with Crippen molar-refractivity contribution in [2.24, 2.45) is 13.0 Å². The van der Waals surface area contributed by atoms with E-state index in [4.69, 9.17) is 0 Å². The molecule has 0 saturated carbocycles. The standard InChI is InChI=1S/C35H39F3N8O3/c1-34(2,33(49)42(3)22-24-15-18-46(5,6)19-16-24)41-31(47)29-30(28-14-17-40-44(28)26-12-10-23(21-39)11-13-26)43(4)45(32(29)48)27-9-7-8-25(20-27)35(36,37)38/h7-14,17,20,24H,15-16,18-19,22H2,1-6H3/p+1. The number of quaternary nitrogens is 1. The van der Waals surface area contributed by atoms with Crippen LogP contribution in [0.4, 0.5) is 13.2 Å². The van der Waals surface area contributed by atoms with Gasteiger partial charge in [0.1, 0.15) is 16.8 Å². The molecule has 0 unspecified atom stereocenters. The number of nitrogens with one attached hydrogen (secondary N) is 1. The highest BCUT2D eigenvalue weighted by Crippen LogP contribution is 2.32. The second-order valence-corrected chi connectivity index (χ2v) is 13.8. The SMILES string of the molecule is CN(CC1CC[N+](C)(C)CC1)C(=O)C(C)(C)NC(=O)c1c(-c2ccnn2-c2ccc(C#N)cc2)n(C)n(-c2cccc(C(F)(F)F)c2)c1=O. The van der Waals surface area contributed by atoms with E-state index in [9.17, 15) is 32.8 Å². The van der Waals surface area contributed by atoms with Crippen molar-refractivity contribution in [1.82, 2.24) is 29.4 Å². The van der Waals surface area contributed by atoms with Crippen molar-refractivity contribution in [1.29, 1.82) is 5.26 Å². The third-order valence-corrected chi connectivity index (χ3v) is 9.16. The van der Waals surface area contributed by atoms with E-state index in [2.05, 4.69) is 24.5 Å². The fraction of sp³-hybridized carbons (Fsp3) is 0.400. The minimum absolute atomic E-state index is 0.0568. The van der Waals surface area contributed by atoms with Crippen LogP contribution in [0.15, 0.2) is 65.6 Å². The lowest BCUT2D eigenvalue weighted by Gasteiger charge is -2.39. The van der Waals surface area contributed by atoms with Gasteiger partial charge in [-0.3, -0.25) is 19.1 Å². The number of likely N-dealkylation sites (tertiary alicyclic amines) is 1. The Labute approximate surface area is 282 Å². The smallest absolute Gasteiger partial charge is 0.343 e. The lowest BCUT2D eigenvalue weighted by Crippen LogP contribution is -2.56. The van der Waals surface area contributed by atoms with Gasteiger partial charge in [-0.2, -0.15) is 23.5 Å². The molecule has 0 aliphatic carbocycles. The molecule has 11 nitrogen and oxygen atoms in total. The molecule has 1 aliphatic rings. The molecule has 2 aromatic carbocycles. The molecule has 0 spiro atoms. The zero-order chi connectivity index (χ0) is 35.9. The number of halogens is 3. The van der Waals surface area contributed by atoms with Gasteiger partial charge in [-0.05, 0) is 68.3 Å². The quantitative estimate of drug-likeness (QED) is 0.278. The summed E-state index contributed by atoms with van der Waals surface area (Å²) < 4.78 is 45.8. The summed E-state index contributed by atoms with van der Waals surface area (Å²) in [7, 11) is 7.51.